The molecule has 2 atom stereocenters. The standard InChI is InChI=1S/C15H30N2O2.ClH/c1-12(14-7-5-4-6-8-14)13(2)17-15(18)11-16-9-10-19-3;/h12-14,16H,4-11H2,1-3H3,(H,17,18);1H. The summed E-state index contributed by atoms with van der Waals surface area (Å²) in [4.78, 5) is 11.8. The molecule has 4 nitrogen and oxygen atoms in total. The van der Waals surface area contributed by atoms with Crippen LogP contribution in [0.3, 0.4) is 0 Å². The van der Waals surface area contributed by atoms with E-state index in [1.165, 1.54) is 32.1 Å². The molecular weight excluding hydrogens is 276 g/mol. The van der Waals surface area contributed by atoms with Crippen LogP contribution >= 0.6 is 12.4 Å². The van der Waals surface area contributed by atoms with Crippen LogP contribution in [0.4, 0.5) is 0 Å². The van der Waals surface area contributed by atoms with Crippen molar-refractivity contribution in [3.63, 3.8) is 0 Å². The fraction of sp³-hybridized carbons (Fsp3) is 0.933. The number of carbonyl (C=O) groups is 1. The number of hydrogen-bond donors (Lipinski definition) is 2. The third-order valence-electron chi connectivity index (χ3n) is 4.34. The van der Waals surface area contributed by atoms with Gasteiger partial charge in [-0.3, -0.25) is 4.79 Å². The lowest BCUT2D eigenvalue weighted by Crippen LogP contribution is -2.44. The van der Waals surface area contributed by atoms with Gasteiger partial charge in [-0.2, -0.15) is 0 Å². The number of halogens is 1. The van der Waals surface area contributed by atoms with Crippen LogP contribution < -0.4 is 10.6 Å². The van der Waals surface area contributed by atoms with Gasteiger partial charge in [0.2, 0.25) is 5.91 Å². The SMILES string of the molecule is COCCNCC(=O)NC(C)C(C)C1CCCCC1.Cl. The van der Waals surface area contributed by atoms with Crippen molar-refractivity contribution in [2.24, 2.45) is 11.8 Å². The first-order chi connectivity index (χ1) is 9.15. The molecule has 0 aromatic rings. The maximum absolute atomic E-state index is 11.8. The summed E-state index contributed by atoms with van der Waals surface area (Å²) < 4.78 is 4.93. The molecular formula is C15H31ClN2O2. The highest BCUT2D eigenvalue weighted by Crippen LogP contribution is 2.31. The van der Waals surface area contributed by atoms with Crippen LogP contribution in [-0.2, 0) is 9.53 Å². The first-order valence-corrected chi connectivity index (χ1v) is 7.64. The molecule has 1 rings (SSSR count). The van der Waals surface area contributed by atoms with Crippen LogP contribution in [0.15, 0.2) is 0 Å². The summed E-state index contributed by atoms with van der Waals surface area (Å²) in [6.45, 7) is 6.15. The number of carbonyl (C=O) groups excluding carboxylic acids is 1. The molecule has 2 N–H and O–H groups in total. The third kappa shape index (κ3) is 7.46. The third-order valence-corrected chi connectivity index (χ3v) is 4.34. The second-order valence-corrected chi connectivity index (χ2v) is 5.78. The van der Waals surface area contributed by atoms with E-state index in [1.807, 2.05) is 0 Å². The minimum Gasteiger partial charge on any atom is -0.383 e. The van der Waals surface area contributed by atoms with E-state index < -0.39 is 0 Å². The lowest BCUT2D eigenvalue weighted by molar-refractivity contribution is -0.121. The summed E-state index contributed by atoms with van der Waals surface area (Å²) in [5, 5.41) is 6.18. The molecule has 1 aliphatic carbocycles. The van der Waals surface area contributed by atoms with Gasteiger partial charge < -0.3 is 15.4 Å². The Morgan fingerprint density at radius 3 is 2.50 bits per heavy atom. The number of rotatable bonds is 8. The van der Waals surface area contributed by atoms with E-state index in [0.29, 0.717) is 19.1 Å². The van der Waals surface area contributed by atoms with E-state index in [2.05, 4.69) is 24.5 Å². The molecule has 0 radical (unpaired) electrons. The highest BCUT2D eigenvalue weighted by molar-refractivity contribution is 5.85. The molecule has 0 spiro atoms. The van der Waals surface area contributed by atoms with Crippen molar-refractivity contribution >= 4 is 18.3 Å². The Balaban J connectivity index is 0.00000361. The monoisotopic (exact) mass is 306 g/mol. The fourth-order valence-corrected chi connectivity index (χ4v) is 2.88. The maximum Gasteiger partial charge on any atom is 0.234 e. The molecule has 5 heteroatoms. The summed E-state index contributed by atoms with van der Waals surface area (Å²) in [7, 11) is 1.66. The first kappa shape index (κ1) is 19.7. The normalized spacial score (nSPS) is 18.9. The smallest absolute Gasteiger partial charge is 0.234 e. The van der Waals surface area contributed by atoms with Crippen LogP contribution in [0.2, 0.25) is 0 Å². The summed E-state index contributed by atoms with van der Waals surface area (Å²) in [5.74, 6) is 1.44. The number of methoxy groups -OCH3 is 1. The van der Waals surface area contributed by atoms with Crippen LogP contribution in [-0.4, -0.2) is 38.8 Å². The molecule has 0 aromatic heterocycles. The largest absolute Gasteiger partial charge is 0.383 e. The van der Waals surface area contributed by atoms with E-state index in [-0.39, 0.29) is 24.4 Å². The van der Waals surface area contributed by atoms with Gasteiger partial charge in [-0.05, 0) is 18.8 Å². The average Bonchev–Trinajstić information content (AvgIpc) is 2.43. The van der Waals surface area contributed by atoms with Crippen molar-refractivity contribution < 1.29 is 9.53 Å². The van der Waals surface area contributed by atoms with Crippen molar-refractivity contribution in [1.29, 1.82) is 0 Å². The predicted molar refractivity (Wildman–Crippen MR) is 85.3 cm³/mol. The second kappa shape index (κ2) is 11.4. The zero-order valence-corrected chi connectivity index (χ0v) is 13.9. The molecule has 1 amide bonds. The summed E-state index contributed by atoms with van der Waals surface area (Å²) in [6.07, 6.45) is 6.75. The molecule has 1 aliphatic rings. The maximum atomic E-state index is 11.8. The summed E-state index contributed by atoms with van der Waals surface area (Å²) >= 11 is 0. The number of nitrogens with one attached hydrogen (secondary N) is 2. The van der Waals surface area contributed by atoms with Gasteiger partial charge in [-0.25, -0.2) is 0 Å². The molecule has 120 valence electrons. The lowest BCUT2D eigenvalue weighted by atomic mass is 9.78. The molecule has 20 heavy (non-hydrogen) atoms. The van der Waals surface area contributed by atoms with Gasteiger partial charge in [0.25, 0.3) is 0 Å². The Morgan fingerprint density at radius 2 is 1.90 bits per heavy atom. The highest BCUT2D eigenvalue weighted by Gasteiger charge is 2.25. The summed E-state index contributed by atoms with van der Waals surface area (Å²) in [6, 6.07) is 0.264. The minimum absolute atomic E-state index is 0. The topological polar surface area (TPSA) is 50.4 Å². The van der Waals surface area contributed by atoms with Gasteiger partial charge >= 0.3 is 0 Å². The van der Waals surface area contributed by atoms with Crippen molar-refractivity contribution in [3.8, 4) is 0 Å². The Labute approximate surface area is 129 Å². The molecule has 1 saturated carbocycles. The Hall–Kier alpha value is -0.320. The molecule has 0 aliphatic heterocycles. The predicted octanol–water partition coefficient (Wildman–Crippen LogP) is 2.37. The molecule has 0 aromatic carbocycles. The molecule has 0 heterocycles. The van der Waals surface area contributed by atoms with Crippen LogP contribution in [0, 0.1) is 11.8 Å². The summed E-state index contributed by atoms with van der Waals surface area (Å²) in [5.41, 5.74) is 0. The van der Waals surface area contributed by atoms with Crippen LogP contribution in [0.1, 0.15) is 46.0 Å². The van der Waals surface area contributed by atoms with Gasteiger partial charge in [-0.15, -0.1) is 12.4 Å². The van der Waals surface area contributed by atoms with Crippen LogP contribution in [0.5, 0.6) is 0 Å². The van der Waals surface area contributed by atoms with Crippen molar-refractivity contribution in [2.45, 2.75) is 52.0 Å². The van der Waals surface area contributed by atoms with Gasteiger partial charge in [0.1, 0.15) is 0 Å². The molecule has 1 fully saturated rings. The van der Waals surface area contributed by atoms with Gasteiger partial charge in [0.15, 0.2) is 0 Å². The van der Waals surface area contributed by atoms with E-state index in [0.717, 1.165) is 12.5 Å². The van der Waals surface area contributed by atoms with Gasteiger partial charge in [0, 0.05) is 19.7 Å². The number of ether oxygens (including phenoxy) is 1. The minimum atomic E-state index is 0. The van der Waals surface area contributed by atoms with E-state index >= 15 is 0 Å². The van der Waals surface area contributed by atoms with Crippen molar-refractivity contribution in [2.75, 3.05) is 26.8 Å². The lowest BCUT2D eigenvalue weighted by Gasteiger charge is -2.32. The Morgan fingerprint density at radius 1 is 1.25 bits per heavy atom. The van der Waals surface area contributed by atoms with Crippen molar-refractivity contribution in [1.82, 2.24) is 10.6 Å². The first-order valence-electron chi connectivity index (χ1n) is 7.64. The van der Waals surface area contributed by atoms with Crippen molar-refractivity contribution in [3.05, 3.63) is 0 Å². The fourth-order valence-electron chi connectivity index (χ4n) is 2.88. The Kier molecular flexibility index (Phi) is 11.2. The van der Waals surface area contributed by atoms with E-state index in [4.69, 9.17) is 4.74 Å². The van der Waals surface area contributed by atoms with Gasteiger partial charge in [0.05, 0.1) is 13.2 Å². The molecule has 2 unspecified atom stereocenters. The zero-order valence-electron chi connectivity index (χ0n) is 13.1. The zero-order chi connectivity index (χ0) is 14.1. The van der Waals surface area contributed by atoms with E-state index in [9.17, 15) is 4.79 Å². The number of hydrogen-bond acceptors (Lipinski definition) is 3. The second-order valence-electron chi connectivity index (χ2n) is 5.78. The van der Waals surface area contributed by atoms with E-state index in [1.54, 1.807) is 7.11 Å². The Bertz CT molecular complexity index is 258. The highest BCUT2D eigenvalue weighted by atomic mass is 35.5. The number of amides is 1. The average molecular weight is 307 g/mol. The van der Waals surface area contributed by atoms with Gasteiger partial charge in [-0.1, -0.05) is 39.0 Å². The molecule has 0 saturated heterocycles. The quantitative estimate of drug-likeness (QED) is 0.677. The molecule has 0 bridgehead atoms. The van der Waals surface area contributed by atoms with Crippen LogP contribution in [0.25, 0.3) is 0 Å².